The summed E-state index contributed by atoms with van der Waals surface area (Å²) in [6.07, 6.45) is 5.19. The molecule has 1 aliphatic heterocycles. The van der Waals surface area contributed by atoms with Crippen LogP contribution in [0.25, 0.3) is 0 Å². The molecule has 1 heterocycles. The zero-order valence-electron chi connectivity index (χ0n) is 18.0. The average molecular weight is 445 g/mol. The molecule has 0 bridgehead atoms. The quantitative estimate of drug-likeness (QED) is 0.634. The first-order chi connectivity index (χ1) is 14.8. The summed E-state index contributed by atoms with van der Waals surface area (Å²) in [6.45, 7) is 3.31. The van der Waals surface area contributed by atoms with E-state index in [0.717, 1.165) is 43.1 Å². The molecule has 1 unspecified atom stereocenters. The molecule has 6 nitrogen and oxygen atoms in total. The molecule has 1 saturated heterocycles. The molecule has 0 aliphatic carbocycles. The van der Waals surface area contributed by atoms with Crippen molar-refractivity contribution in [3.8, 4) is 12.3 Å². The molecule has 8 heteroatoms. The van der Waals surface area contributed by atoms with E-state index in [4.69, 9.17) is 6.42 Å². The summed E-state index contributed by atoms with van der Waals surface area (Å²) in [6, 6.07) is 14.6. The molecule has 0 saturated carbocycles. The first-order valence-corrected chi connectivity index (χ1v) is 11.9. The van der Waals surface area contributed by atoms with Crippen molar-refractivity contribution >= 4 is 21.4 Å². The molecule has 0 amide bonds. The van der Waals surface area contributed by atoms with Crippen molar-refractivity contribution in [1.82, 2.24) is 9.62 Å². The number of rotatable bonds is 8. The minimum Gasteiger partial charge on any atom is -0.378 e. The highest BCUT2D eigenvalue weighted by molar-refractivity contribution is 7.89. The summed E-state index contributed by atoms with van der Waals surface area (Å²) < 4.78 is 40.2. The van der Waals surface area contributed by atoms with Crippen LogP contribution in [0.5, 0.6) is 0 Å². The second kappa shape index (κ2) is 10.1. The lowest BCUT2D eigenvalue weighted by molar-refractivity contribution is 0.187. The predicted molar refractivity (Wildman–Crippen MR) is 124 cm³/mol. The van der Waals surface area contributed by atoms with Gasteiger partial charge in [0, 0.05) is 64.2 Å². The predicted octanol–water partition coefficient (Wildman–Crippen LogP) is 2.31. The number of halogens is 1. The second-order valence-electron chi connectivity index (χ2n) is 7.81. The Morgan fingerprint density at radius 3 is 2.23 bits per heavy atom. The smallest absolute Gasteiger partial charge is 0.222 e. The van der Waals surface area contributed by atoms with Gasteiger partial charge in [-0.3, -0.25) is 4.90 Å². The SMILES string of the molecule is C#CCS(=O)(=O)NCC(c1ccc(N(C)C)cc1)N1CCN(c2ccc(F)cc2)CC1. The van der Waals surface area contributed by atoms with Gasteiger partial charge in [-0.1, -0.05) is 18.1 Å². The van der Waals surface area contributed by atoms with E-state index in [2.05, 4.69) is 20.4 Å². The van der Waals surface area contributed by atoms with E-state index in [1.165, 1.54) is 12.1 Å². The lowest BCUT2D eigenvalue weighted by Crippen LogP contribution is -2.50. The zero-order valence-corrected chi connectivity index (χ0v) is 18.8. The molecule has 1 fully saturated rings. The maximum absolute atomic E-state index is 13.2. The molecule has 0 spiro atoms. The van der Waals surface area contributed by atoms with Crippen LogP contribution in [0.1, 0.15) is 11.6 Å². The maximum atomic E-state index is 13.2. The van der Waals surface area contributed by atoms with Crippen LogP contribution < -0.4 is 14.5 Å². The van der Waals surface area contributed by atoms with E-state index >= 15 is 0 Å². The Balaban J connectivity index is 1.74. The van der Waals surface area contributed by atoms with Crippen LogP contribution in [0, 0.1) is 18.2 Å². The van der Waals surface area contributed by atoms with Gasteiger partial charge < -0.3 is 9.80 Å². The molecule has 1 aliphatic rings. The lowest BCUT2D eigenvalue weighted by atomic mass is 10.0. The second-order valence-corrected chi connectivity index (χ2v) is 9.62. The first-order valence-electron chi connectivity index (χ1n) is 10.2. The van der Waals surface area contributed by atoms with Crippen molar-refractivity contribution in [1.29, 1.82) is 0 Å². The van der Waals surface area contributed by atoms with Gasteiger partial charge in [0.05, 0.1) is 0 Å². The van der Waals surface area contributed by atoms with Crippen molar-refractivity contribution in [2.75, 3.05) is 62.4 Å². The average Bonchev–Trinajstić information content (AvgIpc) is 2.75. The fourth-order valence-corrected chi connectivity index (χ4v) is 4.50. The number of hydrogen-bond donors (Lipinski definition) is 1. The molecule has 2 aromatic rings. The van der Waals surface area contributed by atoms with Gasteiger partial charge in [-0.25, -0.2) is 17.5 Å². The standard InChI is InChI=1S/C23H29FN4O2S/c1-4-17-31(29,30)25-18-23(19-5-9-21(10-6-19)26(2)3)28-15-13-27(14-16-28)22-11-7-20(24)8-12-22/h1,5-12,23,25H,13-18H2,2-3H3. The Morgan fingerprint density at radius 1 is 1.06 bits per heavy atom. The van der Waals surface area contributed by atoms with E-state index in [1.807, 2.05) is 43.3 Å². The minimum absolute atomic E-state index is 0.112. The molecule has 1 atom stereocenters. The van der Waals surface area contributed by atoms with Crippen LogP contribution in [0.4, 0.5) is 15.8 Å². The van der Waals surface area contributed by atoms with Crippen molar-refractivity contribution in [3.63, 3.8) is 0 Å². The summed E-state index contributed by atoms with van der Waals surface area (Å²) in [7, 11) is 0.443. The molecule has 0 aromatic heterocycles. The lowest BCUT2D eigenvalue weighted by Gasteiger charge is -2.40. The summed E-state index contributed by atoms with van der Waals surface area (Å²) >= 11 is 0. The van der Waals surface area contributed by atoms with Gasteiger partial charge in [0.25, 0.3) is 0 Å². The highest BCUT2D eigenvalue weighted by Gasteiger charge is 2.26. The van der Waals surface area contributed by atoms with E-state index in [1.54, 1.807) is 12.1 Å². The van der Waals surface area contributed by atoms with Crippen LogP contribution in [0.3, 0.4) is 0 Å². The third-order valence-corrected chi connectivity index (χ3v) is 6.66. The van der Waals surface area contributed by atoms with E-state index < -0.39 is 10.0 Å². The van der Waals surface area contributed by atoms with Gasteiger partial charge in [-0.05, 0) is 42.0 Å². The number of terminal acetylenes is 1. The number of nitrogens with one attached hydrogen (secondary N) is 1. The Morgan fingerprint density at radius 2 is 1.68 bits per heavy atom. The summed E-state index contributed by atoms with van der Waals surface area (Å²) in [4.78, 5) is 6.52. The van der Waals surface area contributed by atoms with Gasteiger partial charge in [0.15, 0.2) is 0 Å². The van der Waals surface area contributed by atoms with Crippen molar-refractivity contribution in [2.24, 2.45) is 0 Å². The van der Waals surface area contributed by atoms with Crippen molar-refractivity contribution < 1.29 is 12.8 Å². The minimum atomic E-state index is -3.52. The zero-order chi connectivity index (χ0) is 22.4. The highest BCUT2D eigenvalue weighted by atomic mass is 32.2. The molecule has 0 radical (unpaired) electrons. The van der Waals surface area contributed by atoms with Crippen molar-refractivity contribution in [3.05, 3.63) is 59.9 Å². The van der Waals surface area contributed by atoms with E-state index in [-0.39, 0.29) is 24.2 Å². The molecule has 1 N–H and O–H groups in total. The van der Waals surface area contributed by atoms with E-state index in [0.29, 0.717) is 0 Å². The Hall–Kier alpha value is -2.60. The van der Waals surface area contributed by atoms with Crippen LogP contribution in [-0.4, -0.2) is 65.9 Å². The molecular weight excluding hydrogens is 415 g/mol. The normalized spacial score (nSPS) is 16.0. The molecular formula is C23H29FN4O2S. The van der Waals surface area contributed by atoms with Gasteiger partial charge in [-0.2, -0.15) is 0 Å². The van der Waals surface area contributed by atoms with Crippen LogP contribution in [0.2, 0.25) is 0 Å². The monoisotopic (exact) mass is 444 g/mol. The number of hydrogen-bond acceptors (Lipinski definition) is 5. The molecule has 31 heavy (non-hydrogen) atoms. The molecule has 166 valence electrons. The Labute approximate surface area is 184 Å². The number of piperazine rings is 1. The topological polar surface area (TPSA) is 55.9 Å². The number of benzene rings is 2. The fourth-order valence-electron chi connectivity index (χ4n) is 3.76. The van der Waals surface area contributed by atoms with Gasteiger partial charge in [-0.15, -0.1) is 6.42 Å². The number of nitrogens with zero attached hydrogens (tertiary/aromatic N) is 3. The van der Waals surface area contributed by atoms with Crippen LogP contribution >= 0.6 is 0 Å². The van der Waals surface area contributed by atoms with E-state index in [9.17, 15) is 12.8 Å². The number of anilines is 2. The summed E-state index contributed by atoms with van der Waals surface area (Å²) in [5.41, 5.74) is 3.11. The highest BCUT2D eigenvalue weighted by Crippen LogP contribution is 2.26. The largest absolute Gasteiger partial charge is 0.378 e. The van der Waals surface area contributed by atoms with Gasteiger partial charge in [0.2, 0.25) is 10.0 Å². The molecule has 3 rings (SSSR count). The van der Waals surface area contributed by atoms with Crippen LogP contribution in [-0.2, 0) is 10.0 Å². The Bertz CT molecular complexity index is 993. The molecule has 2 aromatic carbocycles. The van der Waals surface area contributed by atoms with Gasteiger partial charge in [0.1, 0.15) is 11.6 Å². The van der Waals surface area contributed by atoms with Crippen molar-refractivity contribution in [2.45, 2.75) is 6.04 Å². The first kappa shape index (κ1) is 23.1. The van der Waals surface area contributed by atoms with Gasteiger partial charge >= 0.3 is 0 Å². The third kappa shape index (κ3) is 6.20. The maximum Gasteiger partial charge on any atom is 0.222 e. The summed E-state index contributed by atoms with van der Waals surface area (Å²) in [5, 5.41) is 0. The summed E-state index contributed by atoms with van der Waals surface area (Å²) in [5.74, 6) is 1.61. The number of sulfonamides is 1. The fraction of sp³-hybridized carbons (Fsp3) is 0.391. The third-order valence-electron chi connectivity index (χ3n) is 5.51. The Kier molecular flexibility index (Phi) is 7.55. The van der Waals surface area contributed by atoms with Crippen LogP contribution in [0.15, 0.2) is 48.5 Å².